The average Bonchev–Trinajstić information content (AvgIpc) is 3.19. The molecule has 2 saturated heterocycles. The number of nitrogens with zero attached hydrogens (tertiary/aromatic N) is 2. The number of benzene rings is 1. The van der Waals surface area contributed by atoms with Crippen molar-refractivity contribution in [2.24, 2.45) is 5.92 Å². The molecule has 3 heterocycles. The van der Waals surface area contributed by atoms with E-state index in [9.17, 15) is 13.2 Å². The Labute approximate surface area is 152 Å². The number of rotatable bonds is 3. The molecule has 2 aliphatic heterocycles. The molecule has 8 heteroatoms. The molecule has 2 aromatic rings. The van der Waals surface area contributed by atoms with Gasteiger partial charge in [0.1, 0.15) is 0 Å². The lowest BCUT2D eigenvalue weighted by molar-refractivity contribution is -0.119. The van der Waals surface area contributed by atoms with Gasteiger partial charge in [0.2, 0.25) is 15.9 Å². The zero-order valence-corrected chi connectivity index (χ0v) is 15.5. The number of aromatic nitrogens is 1. The fourth-order valence-corrected chi connectivity index (χ4v) is 5.50. The van der Waals surface area contributed by atoms with Crippen molar-refractivity contribution in [1.82, 2.24) is 14.8 Å². The highest BCUT2D eigenvalue weighted by atomic mass is 32.2. The maximum atomic E-state index is 13.2. The van der Waals surface area contributed by atoms with Crippen molar-refractivity contribution < 1.29 is 17.7 Å². The molecule has 0 unspecified atom stereocenters. The van der Waals surface area contributed by atoms with Crippen LogP contribution in [0.5, 0.6) is 0 Å². The minimum atomic E-state index is -3.65. The second-order valence-corrected chi connectivity index (χ2v) is 9.01. The van der Waals surface area contributed by atoms with Crippen LogP contribution in [0.2, 0.25) is 0 Å². The van der Waals surface area contributed by atoms with E-state index in [1.165, 1.54) is 4.31 Å². The molecular weight excluding hydrogens is 354 g/mol. The van der Waals surface area contributed by atoms with Crippen LogP contribution >= 0.6 is 0 Å². The summed E-state index contributed by atoms with van der Waals surface area (Å²) in [5.41, 5.74) is 2.10. The molecule has 0 aliphatic carbocycles. The molecule has 1 aromatic carbocycles. The summed E-state index contributed by atoms with van der Waals surface area (Å²) in [6.45, 7) is 4.36. The van der Waals surface area contributed by atoms with Crippen LogP contribution in [-0.4, -0.2) is 42.9 Å². The first-order chi connectivity index (χ1) is 12.3. The van der Waals surface area contributed by atoms with Crippen molar-refractivity contribution in [2.45, 2.75) is 37.6 Å². The fraction of sp³-hybridized carbons (Fsp3) is 0.444. The monoisotopic (exact) mass is 375 g/mol. The Kier molecular flexibility index (Phi) is 4.11. The maximum absolute atomic E-state index is 13.2. The Hall–Kier alpha value is -2.19. The van der Waals surface area contributed by atoms with Gasteiger partial charge in [0.15, 0.2) is 5.76 Å². The van der Waals surface area contributed by atoms with Crippen LogP contribution in [0.3, 0.4) is 0 Å². The van der Waals surface area contributed by atoms with Crippen molar-refractivity contribution >= 4 is 15.9 Å². The minimum absolute atomic E-state index is 0.0121. The highest BCUT2D eigenvalue weighted by molar-refractivity contribution is 7.89. The van der Waals surface area contributed by atoms with E-state index in [0.29, 0.717) is 42.8 Å². The quantitative estimate of drug-likeness (QED) is 0.884. The van der Waals surface area contributed by atoms with Gasteiger partial charge in [0.05, 0.1) is 10.6 Å². The van der Waals surface area contributed by atoms with E-state index in [1.54, 1.807) is 25.1 Å². The number of piperidine rings is 1. The lowest BCUT2D eigenvalue weighted by Gasteiger charge is -2.33. The SMILES string of the molecule is Cc1cc(-c2ccc(C)c(S(=O)(=O)N3CC[C@@H]4CC(=O)N[C@@H]4C3)c2)on1. The number of nitrogens with one attached hydrogen (secondary N) is 1. The summed E-state index contributed by atoms with van der Waals surface area (Å²) in [5, 5.41) is 6.76. The van der Waals surface area contributed by atoms with Gasteiger partial charge in [0, 0.05) is 37.2 Å². The lowest BCUT2D eigenvalue weighted by atomic mass is 9.94. The summed E-state index contributed by atoms with van der Waals surface area (Å²) < 4.78 is 33.2. The van der Waals surface area contributed by atoms with Crippen molar-refractivity contribution in [3.05, 3.63) is 35.5 Å². The number of amides is 1. The minimum Gasteiger partial charge on any atom is -0.356 e. The Morgan fingerprint density at radius 1 is 1.27 bits per heavy atom. The van der Waals surface area contributed by atoms with E-state index >= 15 is 0 Å². The van der Waals surface area contributed by atoms with Gasteiger partial charge in [-0.25, -0.2) is 8.42 Å². The molecule has 1 amide bonds. The largest absolute Gasteiger partial charge is 0.356 e. The summed E-state index contributed by atoms with van der Waals surface area (Å²) in [6, 6.07) is 6.94. The molecule has 2 atom stereocenters. The normalized spacial score (nSPS) is 23.7. The predicted octanol–water partition coefficient (Wildman–Crippen LogP) is 1.86. The fourth-order valence-electron chi connectivity index (χ4n) is 3.77. The second-order valence-electron chi connectivity index (χ2n) is 7.10. The van der Waals surface area contributed by atoms with Crippen LogP contribution in [-0.2, 0) is 14.8 Å². The molecule has 0 saturated carbocycles. The molecule has 2 fully saturated rings. The van der Waals surface area contributed by atoms with Crippen molar-refractivity contribution in [2.75, 3.05) is 13.1 Å². The van der Waals surface area contributed by atoms with Gasteiger partial charge in [-0.2, -0.15) is 4.31 Å². The summed E-state index contributed by atoms with van der Waals surface area (Å²) in [7, 11) is -3.65. The third kappa shape index (κ3) is 2.93. The second kappa shape index (κ2) is 6.21. The highest BCUT2D eigenvalue weighted by Gasteiger charge is 2.41. The molecule has 0 bridgehead atoms. The number of aryl methyl sites for hydroxylation is 2. The van der Waals surface area contributed by atoms with E-state index in [4.69, 9.17) is 4.52 Å². The highest BCUT2D eigenvalue weighted by Crippen LogP contribution is 2.32. The molecule has 2 aliphatic rings. The van der Waals surface area contributed by atoms with E-state index < -0.39 is 10.0 Å². The summed E-state index contributed by atoms with van der Waals surface area (Å²) in [5.74, 6) is 0.789. The van der Waals surface area contributed by atoms with E-state index in [2.05, 4.69) is 10.5 Å². The van der Waals surface area contributed by atoms with Crippen molar-refractivity contribution in [1.29, 1.82) is 0 Å². The van der Waals surface area contributed by atoms with Crippen LogP contribution in [0.15, 0.2) is 33.7 Å². The van der Waals surface area contributed by atoms with Gasteiger partial charge in [0.25, 0.3) is 0 Å². The van der Waals surface area contributed by atoms with E-state index in [0.717, 1.165) is 5.69 Å². The van der Waals surface area contributed by atoms with Crippen LogP contribution in [0.4, 0.5) is 0 Å². The van der Waals surface area contributed by atoms with Gasteiger partial charge >= 0.3 is 0 Å². The zero-order valence-electron chi connectivity index (χ0n) is 14.7. The number of carbonyl (C=O) groups excluding carboxylic acids is 1. The number of hydrogen-bond acceptors (Lipinski definition) is 5. The third-order valence-corrected chi connectivity index (χ3v) is 7.24. The average molecular weight is 375 g/mol. The van der Waals surface area contributed by atoms with E-state index in [1.807, 2.05) is 13.0 Å². The molecule has 0 spiro atoms. The smallest absolute Gasteiger partial charge is 0.243 e. The zero-order chi connectivity index (χ0) is 18.5. The number of carbonyl (C=O) groups is 1. The molecule has 26 heavy (non-hydrogen) atoms. The Bertz CT molecular complexity index is 967. The van der Waals surface area contributed by atoms with E-state index in [-0.39, 0.29) is 22.8 Å². The molecule has 7 nitrogen and oxygen atoms in total. The van der Waals surface area contributed by atoms with Crippen LogP contribution in [0, 0.1) is 19.8 Å². The third-order valence-electron chi connectivity index (χ3n) is 5.23. The lowest BCUT2D eigenvalue weighted by Crippen LogP contribution is -2.49. The van der Waals surface area contributed by atoms with Gasteiger partial charge in [-0.15, -0.1) is 0 Å². The number of sulfonamides is 1. The van der Waals surface area contributed by atoms with Crippen molar-refractivity contribution in [3.8, 4) is 11.3 Å². The molecule has 1 aromatic heterocycles. The molecule has 138 valence electrons. The van der Waals surface area contributed by atoms with Gasteiger partial charge < -0.3 is 9.84 Å². The van der Waals surface area contributed by atoms with Crippen LogP contribution < -0.4 is 5.32 Å². The van der Waals surface area contributed by atoms with Crippen LogP contribution in [0.25, 0.3) is 11.3 Å². The first-order valence-corrected chi connectivity index (χ1v) is 10.1. The summed E-state index contributed by atoms with van der Waals surface area (Å²) in [6.07, 6.45) is 1.20. The predicted molar refractivity (Wildman–Crippen MR) is 94.8 cm³/mol. The number of fused-ring (bicyclic) bond motifs is 1. The molecular formula is C18H21N3O4S. The van der Waals surface area contributed by atoms with Gasteiger partial charge in [-0.3, -0.25) is 4.79 Å². The summed E-state index contributed by atoms with van der Waals surface area (Å²) >= 11 is 0. The van der Waals surface area contributed by atoms with Gasteiger partial charge in [-0.05, 0) is 37.8 Å². The first-order valence-electron chi connectivity index (χ1n) is 8.68. The standard InChI is InChI=1S/C18H21N3O4S/c1-11-3-4-14(16-7-12(2)20-25-16)8-17(11)26(23,24)21-6-5-13-9-18(22)19-15(13)10-21/h3-4,7-8,13,15H,5-6,9-10H2,1-2H3,(H,19,22)/t13-,15-/m1/s1. The van der Waals surface area contributed by atoms with Crippen molar-refractivity contribution in [3.63, 3.8) is 0 Å². The Balaban J connectivity index is 1.66. The summed E-state index contributed by atoms with van der Waals surface area (Å²) in [4.78, 5) is 11.9. The maximum Gasteiger partial charge on any atom is 0.243 e. The topological polar surface area (TPSA) is 92.5 Å². The van der Waals surface area contributed by atoms with Gasteiger partial charge in [-0.1, -0.05) is 17.3 Å². The Morgan fingerprint density at radius 3 is 2.81 bits per heavy atom. The molecule has 4 rings (SSSR count). The molecule has 1 N–H and O–H groups in total. The first kappa shape index (κ1) is 17.2. The molecule has 0 radical (unpaired) electrons. The Morgan fingerprint density at radius 2 is 2.08 bits per heavy atom. The number of hydrogen-bond donors (Lipinski definition) is 1. The van der Waals surface area contributed by atoms with Crippen LogP contribution in [0.1, 0.15) is 24.1 Å².